The third kappa shape index (κ3) is 4.23. The SMILES string of the molecule is O=C(CCCS(=O)C1CCCC1)c1ccc(F)cc1. The van der Waals surface area contributed by atoms with Crippen LogP contribution in [-0.4, -0.2) is 21.0 Å². The first-order valence-corrected chi connectivity index (χ1v) is 8.21. The predicted octanol–water partition coefficient (Wildman–Crippen LogP) is 3.48. The van der Waals surface area contributed by atoms with Crippen molar-refractivity contribution in [1.82, 2.24) is 0 Å². The minimum Gasteiger partial charge on any atom is -0.294 e. The molecule has 2 rings (SSSR count). The molecule has 2 nitrogen and oxygen atoms in total. The minimum atomic E-state index is -0.784. The van der Waals surface area contributed by atoms with Crippen molar-refractivity contribution >= 4 is 16.6 Å². The first kappa shape index (κ1) is 14.4. The molecular weight excluding hydrogens is 263 g/mol. The Morgan fingerprint density at radius 3 is 2.47 bits per heavy atom. The van der Waals surface area contributed by atoms with E-state index < -0.39 is 10.8 Å². The van der Waals surface area contributed by atoms with Gasteiger partial charge < -0.3 is 0 Å². The Morgan fingerprint density at radius 1 is 1.21 bits per heavy atom. The number of Topliss-reactive ketones (excluding diaryl/α,β-unsaturated/α-hetero) is 1. The van der Waals surface area contributed by atoms with E-state index in [4.69, 9.17) is 0 Å². The van der Waals surface area contributed by atoms with Crippen LogP contribution in [0, 0.1) is 5.82 Å². The third-order valence-electron chi connectivity index (χ3n) is 3.59. The van der Waals surface area contributed by atoms with E-state index in [1.165, 1.54) is 37.1 Å². The van der Waals surface area contributed by atoms with Gasteiger partial charge in [-0.2, -0.15) is 0 Å². The van der Waals surface area contributed by atoms with Crippen molar-refractivity contribution in [3.8, 4) is 0 Å². The van der Waals surface area contributed by atoms with Crippen LogP contribution in [0.5, 0.6) is 0 Å². The number of hydrogen-bond donors (Lipinski definition) is 0. The molecule has 0 N–H and O–H groups in total. The molecular formula is C15H19FO2S. The van der Waals surface area contributed by atoms with Crippen molar-refractivity contribution in [3.63, 3.8) is 0 Å². The van der Waals surface area contributed by atoms with Gasteiger partial charge in [-0.1, -0.05) is 12.8 Å². The molecule has 4 heteroatoms. The lowest BCUT2D eigenvalue weighted by molar-refractivity contribution is 0.0982. The highest BCUT2D eigenvalue weighted by Crippen LogP contribution is 2.23. The molecule has 1 aromatic carbocycles. The van der Waals surface area contributed by atoms with E-state index in [0.29, 0.717) is 29.4 Å². The maximum Gasteiger partial charge on any atom is 0.162 e. The number of ketones is 1. The van der Waals surface area contributed by atoms with Crippen molar-refractivity contribution in [2.75, 3.05) is 5.75 Å². The highest BCUT2D eigenvalue weighted by atomic mass is 32.2. The lowest BCUT2D eigenvalue weighted by Gasteiger charge is -2.08. The standard InChI is InChI=1S/C15H19FO2S/c16-13-9-7-12(8-10-13)15(17)6-3-11-19(18)14-4-1-2-5-14/h7-10,14H,1-6,11H2. The van der Waals surface area contributed by atoms with Crippen LogP contribution in [0.15, 0.2) is 24.3 Å². The van der Waals surface area contributed by atoms with Crippen LogP contribution in [0.2, 0.25) is 0 Å². The zero-order chi connectivity index (χ0) is 13.7. The summed E-state index contributed by atoms with van der Waals surface area (Å²) in [6, 6.07) is 5.60. The van der Waals surface area contributed by atoms with Gasteiger partial charge in [0, 0.05) is 33.8 Å². The second kappa shape index (κ2) is 6.94. The summed E-state index contributed by atoms with van der Waals surface area (Å²) >= 11 is 0. The molecule has 0 saturated heterocycles. The number of benzene rings is 1. The first-order chi connectivity index (χ1) is 9.16. The van der Waals surface area contributed by atoms with Crippen molar-refractivity contribution in [3.05, 3.63) is 35.6 Å². The molecule has 0 bridgehead atoms. The molecule has 0 amide bonds. The van der Waals surface area contributed by atoms with Crippen molar-refractivity contribution in [1.29, 1.82) is 0 Å². The summed E-state index contributed by atoms with van der Waals surface area (Å²) in [4.78, 5) is 11.8. The van der Waals surface area contributed by atoms with Gasteiger partial charge in [-0.15, -0.1) is 0 Å². The molecule has 0 radical (unpaired) electrons. The molecule has 0 heterocycles. The Balaban J connectivity index is 1.74. The van der Waals surface area contributed by atoms with Gasteiger partial charge in [0.15, 0.2) is 5.78 Å². The Hall–Kier alpha value is -1.03. The largest absolute Gasteiger partial charge is 0.294 e. The first-order valence-electron chi connectivity index (χ1n) is 6.83. The van der Waals surface area contributed by atoms with E-state index >= 15 is 0 Å². The minimum absolute atomic E-state index is 0.00317. The summed E-state index contributed by atoms with van der Waals surface area (Å²) < 4.78 is 24.7. The summed E-state index contributed by atoms with van der Waals surface area (Å²) in [5.41, 5.74) is 0.535. The van der Waals surface area contributed by atoms with Gasteiger partial charge >= 0.3 is 0 Å². The molecule has 1 atom stereocenters. The second-order valence-corrected chi connectivity index (χ2v) is 6.86. The van der Waals surface area contributed by atoms with Crippen molar-refractivity contribution in [2.24, 2.45) is 0 Å². The van der Waals surface area contributed by atoms with Gasteiger partial charge in [-0.25, -0.2) is 4.39 Å². The van der Waals surface area contributed by atoms with E-state index in [1.54, 1.807) is 0 Å². The molecule has 1 aliphatic rings. The summed E-state index contributed by atoms with van der Waals surface area (Å²) in [7, 11) is -0.784. The Morgan fingerprint density at radius 2 is 1.84 bits per heavy atom. The van der Waals surface area contributed by atoms with Crippen LogP contribution in [-0.2, 0) is 10.8 Å². The Labute approximate surface area is 115 Å². The molecule has 104 valence electrons. The van der Waals surface area contributed by atoms with Gasteiger partial charge in [-0.3, -0.25) is 9.00 Å². The molecule has 1 fully saturated rings. The number of halogens is 1. The van der Waals surface area contributed by atoms with Crippen LogP contribution in [0.3, 0.4) is 0 Å². The molecule has 1 aromatic rings. The highest BCUT2D eigenvalue weighted by molar-refractivity contribution is 7.85. The smallest absolute Gasteiger partial charge is 0.162 e. The van der Waals surface area contributed by atoms with Crippen LogP contribution in [0.1, 0.15) is 48.9 Å². The topological polar surface area (TPSA) is 34.1 Å². The quantitative estimate of drug-likeness (QED) is 0.749. The van der Waals surface area contributed by atoms with Gasteiger partial charge in [0.2, 0.25) is 0 Å². The van der Waals surface area contributed by atoms with Crippen LogP contribution in [0.4, 0.5) is 4.39 Å². The van der Waals surface area contributed by atoms with Crippen molar-refractivity contribution in [2.45, 2.75) is 43.8 Å². The lowest BCUT2D eigenvalue weighted by atomic mass is 10.1. The average Bonchev–Trinajstić information content (AvgIpc) is 2.93. The van der Waals surface area contributed by atoms with E-state index in [2.05, 4.69) is 0 Å². The maximum atomic E-state index is 12.7. The van der Waals surface area contributed by atoms with Crippen molar-refractivity contribution < 1.29 is 13.4 Å². The van der Waals surface area contributed by atoms with Gasteiger partial charge in [0.05, 0.1) is 0 Å². The number of hydrogen-bond acceptors (Lipinski definition) is 2. The molecule has 1 aliphatic carbocycles. The van der Waals surface area contributed by atoms with Crippen LogP contribution < -0.4 is 0 Å². The zero-order valence-electron chi connectivity index (χ0n) is 10.9. The molecule has 0 spiro atoms. The summed E-state index contributed by atoms with van der Waals surface area (Å²) in [6.07, 6.45) is 5.55. The molecule has 0 aromatic heterocycles. The predicted molar refractivity (Wildman–Crippen MR) is 75.2 cm³/mol. The summed E-state index contributed by atoms with van der Waals surface area (Å²) in [5.74, 6) is 0.278. The van der Waals surface area contributed by atoms with Gasteiger partial charge in [-0.05, 0) is 43.5 Å². The lowest BCUT2D eigenvalue weighted by Crippen LogP contribution is -2.14. The number of carbonyl (C=O) groups excluding carboxylic acids is 1. The number of carbonyl (C=O) groups is 1. The Kier molecular flexibility index (Phi) is 5.25. The fourth-order valence-electron chi connectivity index (χ4n) is 2.47. The molecule has 19 heavy (non-hydrogen) atoms. The summed E-state index contributed by atoms with van der Waals surface area (Å²) in [6.45, 7) is 0. The molecule has 1 unspecified atom stereocenters. The molecule has 1 saturated carbocycles. The normalized spacial score (nSPS) is 17.5. The van der Waals surface area contributed by atoms with E-state index in [9.17, 15) is 13.4 Å². The second-order valence-electron chi connectivity index (χ2n) is 5.02. The third-order valence-corrected chi connectivity index (χ3v) is 5.50. The monoisotopic (exact) mass is 282 g/mol. The fraction of sp³-hybridized carbons (Fsp3) is 0.533. The summed E-state index contributed by atoms with van der Waals surface area (Å²) in [5, 5.41) is 0.348. The molecule has 0 aliphatic heterocycles. The fourth-order valence-corrected chi connectivity index (χ4v) is 4.09. The average molecular weight is 282 g/mol. The maximum absolute atomic E-state index is 12.7. The van der Waals surface area contributed by atoms with Crippen LogP contribution >= 0.6 is 0 Å². The van der Waals surface area contributed by atoms with E-state index in [0.717, 1.165) is 12.8 Å². The highest BCUT2D eigenvalue weighted by Gasteiger charge is 2.21. The van der Waals surface area contributed by atoms with Crippen LogP contribution in [0.25, 0.3) is 0 Å². The zero-order valence-corrected chi connectivity index (χ0v) is 11.8. The van der Waals surface area contributed by atoms with Gasteiger partial charge in [0.1, 0.15) is 5.82 Å². The van der Waals surface area contributed by atoms with E-state index in [-0.39, 0.29) is 11.6 Å². The van der Waals surface area contributed by atoms with Gasteiger partial charge in [0.25, 0.3) is 0 Å². The van der Waals surface area contributed by atoms with E-state index in [1.807, 2.05) is 0 Å². The Bertz CT molecular complexity index is 450. The number of rotatable bonds is 6.